The van der Waals surface area contributed by atoms with Crippen LogP contribution >= 0.6 is 0 Å². The lowest BCUT2D eigenvalue weighted by atomic mass is 9.73. The number of Topliss-reactive ketones (excluding diaryl/α,β-unsaturated/α-hetero) is 1. The Hall–Kier alpha value is -5.40. The topological polar surface area (TPSA) is 167 Å². The van der Waals surface area contributed by atoms with E-state index in [-0.39, 0.29) is 82.5 Å². The number of piperidine rings is 2. The molecule has 1 aromatic carbocycles. The number of amides is 6. The Balaban J connectivity index is 1.30. The van der Waals surface area contributed by atoms with Crippen molar-refractivity contribution in [3.63, 3.8) is 0 Å². The van der Waals surface area contributed by atoms with Crippen LogP contribution in [0, 0.1) is 5.41 Å². The number of allylic oxidation sites excluding steroid dienone is 6. The minimum absolute atomic E-state index is 0.0182. The van der Waals surface area contributed by atoms with E-state index in [1.54, 1.807) is 9.80 Å². The predicted octanol–water partition coefficient (Wildman–Crippen LogP) is 6.99. The minimum Gasteiger partial charge on any atom is -0.506 e. The summed E-state index contributed by atoms with van der Waals surface area (Å²) in [5.41, 5.74) is 4.22. The number of aliphatic imine (C=N–C) groups is 1. The fourth-order valence-electron chi connectivity index (χ4n) is 10.3. The van der Waals surface area contributed by atoms with Crippen LogP contribution in [0.2, 0.25) is 0 Å². The first-order chi connectivity index (χ1) is 29.2. The minimum atomic E-state index is -0.727. The summed E-state index contributed by atoms with van der Waals surface area (Å²) >= 11 is 0. The number of rotatable bonds is 8. The van der Waals surface area contributed by atoms with E-state index in [1.807, 2.05) is 24.3 Å². The van der Waals surface area contributed by atoms with Crippen molar-refractivity contribution >= 4 is 52.3 Å². The van der Waals surface area contributed by atoms with Crippen molar-refractivity contribution in [2.24, 2.45) is 10.4 Å². The molecule has 2 unspecified atom stereocenters. The van der Waals surface area contributed by atoms with Crippen molar-refractivity contribution in [2.45, 2.75) is 137 Å². The highest BCUT2D eigenvalue weighted by atomic mass is 16.3. The van der Waals surface area contributed by atoms with Crippen molar-refractivity contribution < 1.29 is 29.1 Å². The summed E-state index contributed by atoms with van der Waals surface area (Å²) in [6.45, 7) is 23.6. The van der Waals surface area contributed by atoms with Crippen LogP contribution in [-0.2, 0) is 19.8 Å². The van der Waals surface area contributed by atoms with Gasteiger partial charge in [0.15, 0.2) is 0 Å². The molecular formula is C48H66N8O6. The third-order valence-corrected chi connectivity index (χ3v) is 14.4. The van der Waals surface area contributed by atoms with Gasteiger partial charge in [-0.25, -0.2) is 9.59 Å². The predicted molar refractivity (Wildman–Crippen MR) is 243 cm³/mol. The van der Waals surface area contributed by atoms with E-state index in [1.165, 1.54) is 0 Å². The monoisotopic (exact) mass is 851 g/mol. The van der Waals surface area contributed by atoms with Gasteiger partial charge in [0.1, 0.15) is 5.76 Å². The van der Waals surface area contributed by atoms with Gasteiger partial charge >= 0.3 is 12.1 Å². The standard InChI is InChI=1S/C48H66N8O6/c1-27(2)55-29(5)47(7,8)33-21-31(35(23-37(33)55)51-45(61)49-25-39(57)53-17-13-11-14-18-53)41-43(59)42(44(41)60)32-22-34-38(56(28(3)4)30(6)48(34,9)10)24-36(32)52-46(62)50-26-40(58)54-19-15-12-16-20-54/h21-24,27-30,59H,11-20,25-26H2,1-10H3,(H,49,61)(H2,50,52,62)/b41-31-,51-35+. The Bertz CT molecular complexity index is 2220. The average molecular weight is 851 g/mol. The van der Waals surface area contributed by atoms with Crippen molar-refractivity contribution in [3.05, 3.63) is 63.6 Å². The third kappa shape index (κ3) is 7.94. The number of fused-ring (bicyclic) bond motifs is 2. The zero-order valence-electron chi connectivity index (χ0n) is 38.3. The molecule has 3 fully saturated rings. The molecule has 0 aromatic heterocycles. The van der Waals surface area contributed by atoms with Gasteiger partial charge in [0.2, 0.25) is 17.6 Å². The zero-order valence-corrected chi connectivity index (χ0v) is 38.3. The number of nitrogens with zero attached hydrogens (tertiary/aromatic N) is 5. The van der Waals surface area contributed by atoms with E-state index in [2.05, 4.69) is 100.0 Å². The second kappa shape index (κ2) is 17.0. The second-order valence-electron chi connectivity index (χ2n) is 19.5. The molecule has 7 rings (SSSR count). The molecule has 334 valence electrons. The molecule has 3 saturated heterocycles. The highest BCUT2D eigenvalue weighted by molar-refractivity contribution is 6.42. The van der Waals surface area contributed by atoms with Crippen LogP contribution in [0.25, 0.3) is 5.57 Å². The number of hydrogen-bond acceptors (Lipinski definition) is 8. The molecule has 14 heteroatoms. The third-order valence-electron chi connectivity index (χ3n) is 14.4. The van der Waals surface area contributed by atoms with Crippen molar-refractivity contribution in [1.29, 1.82) is 0 Å². The molecule has 2 aliphatic carbocycles. The van der Waals surface area contributed by atoms with Gasteiger partial charge < -0.3 is 40.7 Å². The Labute approximate surface area is 366 Å². The van der Waals surface area contributed by atoms with Crippen LogP contribution < -0.4 is 20.9 Å². The Morgan fingerprint density at radius 3 is 1.85 bits per heavy atom. The summed E-state index contributed by atoms with van der Waals surface area (Å²) in [6.07, 6.45) is 9.57. The van der Waals surface area contributed by atoms with Crippen molar-refractivity contribution in [2.75, 3.05) is 49.5 Å². The molecule has 6 aliphatic rings. The number of hydrogen-bond donors (Lipinski definition) is 4. The fraction of sp³-hybridized carbons (Fsp3) is 0.583. The van der Waals surface area contributed by atoms with Crippen LogP contribution in [0.15, 0.2) is 57.5 Å². The average Bonchev–Trinajstić information content (AvgIpc) is 3.55. The van der Waals surface area contributed by atoms with Crippen LogP contribution in [0.4, 0.5) is 21.0 Å². The van der Waals surface area contributed by atoms with Crippen LogP contribution in [0.5, 0.6) is 0 Å². The number of carbonyl (C=O) groups excluding carboxylic acids is 5. The van der Waals surface area contributed by atoms with Gasteiger partial charge in [0.25, 0.3) is 0 Å². The number of carbonyl (C=O) groups is 5. The summed E-state index contributed by atoms with van der Waals surface area (Å²) in [5.74, 6) is -1.06. The van der Waals surface area contributed by atoms with E-state index < -0.39 is 17.8 Å². The SMILES string of the molecule is CC(C)N1C2=CC(=N\C(=O)NCC(=O)N3CCCCC3)/C(=C3\C(=O)C(c4cc5c(cc4NC(=O)NCC(=O)N4CCCCC4)N(C(C)C)C(C)C5(C)C)=C3O)C=C2C(C)(C)C1C. The molecule has 0 radical (unpaired) electrons. The molecule has 4 heterocycles. The largest absolute Gasteiger partial charge is 0.506 e. The summed E-state index contributed by atoms with van der Waals surface area (Å²) in [6, 6.07) is 2.81. The number of ketones is 1. The van der Waals surface area contributed by atoms with Crippen molar-refractivity contribution in [1.82, 2.24) is 25.3 Å². The number of aliphatic hydroxyl groups is 1. The lowest BCUT2D eigenvalue weighted by molar-refractivity contribution is -0.131. The second-order valence-corrected chi connectivity index (χ2v) is 19.5. The molecule has 4 N–H and O–H groups in total. The first-order valence-electron chi connectivity index (χ1n) is 22.6. The van der Waals surface area contributed by atoms with E-state index >= 15 is 0 Å². The maximum Gasteiger partial charge on any atom is 0.341 e. The Morgan fingerprint density at radius 2 is 1.31 bits per heavy atom. The summed E-state index contributed by atoms with van der Waals surface area (Å²) in [5, 5.41) is 20.5. The Morgan fingerprint density at radius 1 is 0.758 bits per heavy atom. The smallest absolute Gasteiger partial charge is 0.341 e. The van der Waals surface area contributed by atoms with Gasteiger partial charge in [-0.15, -0.1) is 0 Å². The molecule has 62 heavy (non-hydrogen) atoms. The lowest BCUT2D eigenvalue weighted by Gasteiger charge is -2.34. The summed E-state index contributed by atoms with van der Waals surface area (Å²) in [7, 11) is 0. The van der Waals surface area contributed by atoms with Crippen LogP contribution in [0.3, 0.4) is 0 Å². The molecule has 0 spiro atoms. The molecule has 4 aliphatic heterocycles. The highest BCUT2D eigenvalue weighted by Gasteiger charge is 2.49. The first kappa shape index (κ1) is 44.6. The van der Waals surface area contributed by atoms with E-state index in [4.69, 9.17) is 0 Å². The summed E-state index contributed by atoms with van der Waals surface area (Å²) < 4.78 is 0. The normalized spacial score (nSPS) is 24.8. The quantitative estimate of drug-likeness (QED) is 0.203. The van der Waals surface area contributed by atoms with Gasteiger partial charge in [-0.1, -0.05) is 27.7 Å². The number of nitrogens with one attached hydrogen (secondary N) is 3. The van der Waals surface area contributed by atoms with Crippen LogP contribution in [0.1, 0.15) is 119 Å². The summed E-state index contributed by atoms with van der Waals surface area (Å²) in [4.78, 5) is 80.4. The number of anilines is 2. The maximum absolute atomic E-state index is 14.8. The first-order valence-corrected chi connectivity index (χ1v) is 22.6. The molecule has 1 aromatic rings. The van der Waals surface area contributed by atoms with E-state index in [0.717, 1.165) is 61.0 Å². The Kier molecular flexibility index (Phi) is 12.3. The van der Waals surface area contributed by atoms with Gasteiger partial charge in [-0.2, -0.15) is 4.99 Å². The zero-order chi connectivity index (χ0) is 45.0. The molecular weight excluding hydrogens is 785 g/mol. The van der Waals surface area contributed by atoms with Crippen molar-refractivity contribution in [3.8, 4) is 0 Å². The lowest BCUT2D eigenvalue weighted by Crippen LogP contribution is -2.43. The molecule has 0 bridgehead atoms. The molecule has 6 amide bonds. The number of urea groups is 2. The molecule has 2 atom stereocenters. The van der Waals surface area contributed by atoms with Gasteiger partial charge in [-0.3, -0.25) is 14.4 Å². The fourth-order valence-corrected chi connectivity index (χ4v) is 10.3. The van der Waals surface area contributed by atoms with E-state index in [0.29, 0.717) is 43.0 Å². The highest BCUT2D eigenvalue weighted by Crippen LogP contribution is 2.53. The van der Waals surface area contributed by atoms with Crippen LogP contribution in [-0.4, -0.2) is 119 Å². The molecule has 0 saturated carbocycles. The number of likely N-dealkylation sites (tertiary alicyclic amines) is 3. The van der Waals surface area contributed by atoms with Gasteiger partial charge in [0, 0.05) is 83.7 Å². The molecule has 14 nitrogen and oxygen atoms in total. The van der Waals surface area contributed by atoms with Gasteiger partial charge in [-0.05, 0) is 115 Å². The van der Waals surface area contributed by atoms with E-state index in [9.17, 15) is 29.1 Å². The maximum atomic E-state index is 14.8. The number of benzene rings is 1. The van der Waals surface area contributed by atoms with Gasteiger partial charge in [0.05, 0.1) is 35.6 Å². The number of aliphatic hydroxyl groups excluding tert-OH is 1.